The minimum absolute atomic E-state index is 0.0772. The fourth-order valence-electron chi connectivity index (χ4n) is 1.27. The summed E-state index contributed by atoms with van der Waals surface area (Å²) >= 11 is 1.57. The summed E-state index contributed by atoms with van der Waals surface area (Å²) in [5.41, 5.74) is 6.18. The van der Waals surface area contributed by atoms with Crippen molar-refractivity contribution in [1.82, 2.24) is 0 Å². The molecule has 1 aliphatic rings. The second-order valence-corrected chi connectivity index (χ2v) is 4.23. The Labute approximate surface area is 80.9 Å². The lowest BCUT2D eigenvalue weighted by Gasteiger charge is -2.11. The molecule has 4 heteroatoms. The van der Waals surface area contributed by atoms with E-state index in [1.807, 2.05) is 16.8 Å². The van der Waals surface area contributed by atoms with Crippen molar-refractivity contribution in [2.45, 2.75) is 12.8 Å². The van der Waals surface area contributed by atoms with Crippen LogP contribution in [0.1, 0.15) is 12.8 Å². The van der Waals surface area contributed by atoms with Crippen molar-refractivity contribution in [2.75, 3.05) is 11.9 Å². The van der Waals surface area contributed by atoms with Crippen LogP contribution in [0.15, 0.2) is 16.8 Å². The summed E-state index contributed by atoms with van der Waals surface area (Å²) in [5, 5.41) is 6.73. The van der Waals surface area contributed by atoms with Crippen molar-refractivity contribution >= 4 is 22.9 Å². The Morgan fingerprint density at radius 2 is 2.46 bits per heavy atom. The van der Waals surface area contributed by atoms with Crippen molar-refractivity contribution in [3.63, 3.8) is 0 Å². The number of carbonyl (C=O) groups is 1. The highest BCUT2D eigenvalue weighted by Crippen LogP contribution is 2.45. The van der Waals surface area contributed by atoms with Crippen LogP contribution in [0.4, 0.5) is 5.69 Å². The number of nitrogens with two attached hydrogens (primary N) is 1. The summed E-state index contributed by atoms with van der Waals surface area (Å²) in [4.78, 5) is 11.6. The van der Waals surface area contributed by atoms with Gasteiger partial charge in [-0.25, -0.2) is 0 Å². The average molecular weight is 196 g/mol. The lowest BCUT2D eigenvalue weighted by molar-refractivity contribution is -0.120. The third-order valence-corrected chi connectivity index (χ3v) is 3.19. The first kappa shape index (κ1) is 8.72. The molecule has 0 bridgehead atoms. The molecule has 0 unspecified atom stereocenters. The molecule has 3 nitrogen and oxygen atoms in total. The first-order valence-electron chi connectivity index (χ1n) is 4.31. The summed E-state index contributed by atoms with van der Waals surface area (Å²) in [6.45, 7) is 0.461. The Morgan fingerprint density at radius 3 is 2.92 bits per heavy atom. The second kappa shape index (κ2) is 3.12. The number of rotatable bonds is 3. The van der Waals surface area contributed by atoms with Crippen molar-refractivity contribution in [2.24, 2.45) is 11.1 Å². The van der Waals surface area contributed by atoms with Gasteiger partial charge in [0.1, 0.15) is 0 Å². The molecular formula is C9H12N2OS. The SMILES string of the molecule is NCC1(C(=O)Nc2ccsc2)CC1. The van der Waals surface area contributed by atoms with Crippen LogP contribution >= 0.6 is 11.3 Å². The largest absolute Gasteiger partial charge is 0.329 e. The monoisotopic (exact) mass is 196 g/mol. The molecule has 13 heavy (non-hydrogen) atoms. The maximum absolute atomic E-state index is 11.6. The summed E-state index contributed by atoms with van der Waals surface area (Å²) in [5.74, 6) is 0.0772. The predicted octanol–water partition coefficient (Wildman–Crippen LogP) is 1.43. The number of hydrogen-bond donors (Lipinski definition) is 2. The van der Waals surface area contributed by atoms with E-state index in [0.29, 0.717) is 6.54 Å². The van der Waals surface area contributed by atoms with Gasteiger partial charge in [0, 0.05) is 11.9 Å². The maximum atomic E-state index is 11.6. The molecule has 0 aliphatic heterocycles. The van der Waals surface area contributed by atoms with Gasteiger partial charge >= 0.3 is 0 Å². The molecule has 3 N–H and O–H groups in total. The molecule has 1 amide bonds. The molecule has 1 aliphatic carbocycles. The van der Waals surface area contributed by atoms with Gasteiger partial charge in [-0.1, -0.05) is 0 Å². The average Bonchev–Trinajstić information content (AvgIpc) is 2.79. The van der Waals surface area contributed by atoms with Gasteiger partial charge in [0.05, 0.1) is 11.1 Å². The fourth-order valence-corrected chi connectivity index (χ4v) is 1.86. The number of amides is 1. The zero-order valence-electron chi connectivity index (χ0n) is 7.25. The van der Waals surface area contributed by atoms with E-state index in [9.17, 15) is 4.79 Å². The molecule has 1 aromatic heterocycles. The number of hydrogen-bond acceptors (Lipinski definition) is 3. The van der Waals surface area contributed by atoms with Crippen LogP contribution in [0, 0.1) is 5.41 Å². The lowest BCUT2D eigenvalue weighted by atomic mass is 10.1. The first-order chi connectivity index (χ1) is 6.27. The van der Waals surface area contributed by atoms with Crippen LogP contribution in [0.25, 0.3) is 0 Å². The topological polar surface area (TPSA) is 55.1 Å². The molecule has 0 atom stereocenters. The summed E-state index contributed by atoms with van der Waals surface area (Å²) in [6.07, 6.45) is 1.86. The quantitative estimate of drug-likeness (QED) is 0.768. The molecule has 1 fully saturated rings. The van der Waals surface area contributed by atoms with Crippen LogP contribution in [-0.2, 0) is 4.79 Å². The number of carbonyl (C=O) groups excluding carboxylic acids is 1. The Balaban J connectivity index is 2.00. The number of anilines is 1. The Kier molecular flexibility index (Phi) is 2.09. The highest BCUT2D eigenvalue weighted by atomic mass is 32.1. The zero-order chi connectivity index (χ0) is 9.31. The van der Waals surface area contributed by atoms with E-state index in [1.165, 1.54) is 0 Å². The molecule has 0 spiro atoms. The smallest absolute Gasteiger partial charge is 0.231 e. The number of nitrogens with one attached hydrogen (secondary N) is 1. The van der Waals surface area contributed by atoms with E-state index in [4.69, 9.17) is 5.73 Å². The van der Waals surface area contributed by atoms with E-state index in [1.54, 1.807) is 11.3 Å². The van der Waals surface area contributed by atoms with Gasteiger partial charge in [-0.05, 0) is 24.3 Å². The maximum Gasteiger partial charge on any atom is 0.231 e. The van der Waals surface area contributed by atoms with Gasteiger partial charge in [0.25, 0.3) is 0 Å². The predicted molar refractivity (Wildman–Crippen MR) is 53.7 cm³/mol. The van der Waals surface area contributed by atoms with Gasteiger partial charge < -0.3 is 11.1 Å². The summed E-state index contributed by atoms with van der Waals surface area (Å²) < 4.78 is 0. The van der Waals surface area contributed by atoms with E-state index in [0.717, 1.165) is 18.5 Å². The van der Waals surface area contributed by atoms with Crippen LogP contribution < -0.4 is 11.1 Å². The standard InChI is InChI=1S/C9H12N2OS/c10-6-9(2-3-9)8(12)11-7-1-4-13-5-7/h1,4-5H,2-3,6,10H2,(H,11,12). The Bertz CT molecular complexity index is 303. The lowest BCUT2D eigenvalue weighted by Crippen LogP contribution is -2.30. The molecule has 1 saturated carbocycles. The van der Waals surface area contributed by atoms with Gasteiger partial charge in [-0.15, -0.1) is 0 Å². The van der Waals surface area contributed by atoms with Crippen LogP contribution in [0.3, 0.4) is 0 Å². The molecule has 0 radical (unpaired) electrons. The summed E-state index contributed by atoms with van der Waals surface area (Å²) in [7, 11) is 0. The van der Waals surface area contributed by atoms with E-state index in [-0.39, 0.29) is 11.3 Å². The normalized spacial score (nSPS) is 18.2. The molecule has 0 saturated heterocycles. The van der Waals surface area contributed by atoms with E-state index in [2.05, 4.69) is 5.32 Å². The molecular weight excluding hydrogens is 184 g/mol. The first-order valence-corrected chi connectivity index (χ1v) is 5.25. The van der Waals surface area contributed by atoms with Crippen molar-refractivity contribution in [3.8, 4) is 0 Å². The van der Waals surface area contributed by atoms with Crippen molar-refractivity contribution in [1.29, 1.82) is 0 Å². The molecule has 1 heterocycles. The van der Waals surface area contributed by atoms with Crippen molar-refractivity contribution < 1.29 is 4.79 Å². The van der Waals surface area contributed by atoms with Crippen LogP contribution in [0.5, 0.6) is 0 Å². The fraction of sp³-hybridized carbons (Fsp3) is 0.444. The highest BCUT2D eigenvalue weighted by molar-refractivity contribution is 7.08. The molecule has 1 aromatic rings. The third-order valence-electron chi connectivity index (χ3n) is 2.51. The van der Waals surface area contributed by atoms with Gasteiger partial charge in [0.2, 0.25) is 5.91 Å². The van der Waals surface area contributed by atoms with Crippen LogP contribution in [-0.4, -0.2) is 12.5 Å². The van der Waals surface area contributed by atoms with Gasteiger partial charge in [-0.3, -0.25) is 4.79 Å². The van der Waals surface area contributed by atoms with Crippen molar-refractivity contribution in [3.05, 3.63) is 16.8 Å². The minimum atomic E-state index is -0.248. The van der Waals surface area contributed by atoms with Crippen LogP contribution in [0.2, 0.25) is 0 Å². The Morgan fingerprint density at radius 1 is 1.69 bits per heavy atom. The minimum Gasteiger partial charge on any atom is -0.329 e. The molecule has 0 aromatic carbocycles. The Hall–Kier alpha value is -0.870. The van der Waals surface area contributed by atoms with Gasteiger partial charge in [-0.2, -0.15) is 11.3 Å². The van der Waals surface area contributed by atoms with E-state index >= 15 is 0 Å². The van der Waals surface area contributed by atoms with E-state index < -0.39 is 0 Å². The molecule has 2 rings (SSSR count). The zero-order valence-corrected chi connectivity index (χ0v) is 8.06. The molecule has 70 valence electrons. The summed E-state index contributed by atoms with van der Waals surface area (Å²) in [6, 6.07) is 1.90. The van der Waals surface area contributed by atoms with Gasteiger partial charge in [0.15, 0.2) is 0 Å². The third kappa shape index (κ3) is 1.59. The second-order valence-electron chi connectivity index (χ2n) is 3.45. The number of thiophene rings is 1. The highest BCUT2D eigenvalue weighted by Gasteiger charge is 2.48.